The fraction of sp³-hybridized carbons (Fsp3) is 0. The van der Waals surface area contributed by atoms with E-state index in [9.17, 15) is 0 Å². The van der Waals surface area contributed by atoms with Gasteiger partial charge >= 0.3 is 0 Å². The number of benzene rings is 16. The second-order valence-corrected chi connectivity index (χ2v) is 33.3. The van der Waals surface area contributed by atoms with Gasteiger partial charge in [0.15, 0.2) is 0 Å². The van der Waals surface area contributed by atoms with Crippen molar-refractivity contribution in [3.63, 3.8) is 0 Å². The van der Waals surface area contributed by atoms with Gasteiger partial charge in [-0.15, -0.1) is 0 Å². The summed E-state index contributed by atoms with van der Waals surface area (Å²) in [4.78, 5) is 0. The van der Waals surface area contributed by atoms with Crippen LogP contribution < -0.4 is 40.7 Å². The van der Waals surface area contributed by atoms with Gasteiger partial charge in [-0.3, -0.25) is 0 Å². The molecule has 0 saturated heterocycles. The number of hydrogen-bond acceptors (Lipinski definition) is 12. The minimum absolute atomic E-state index is 0.813. The monoisotopic (exact) mass is 1320 g/mol. The van der Waals surface area contributed by atoms with Crippen LogP contribution in [-0.4, -0.2) is 0 Å². The predicted octanol–water partition coefficient (Wildman–Crippen LogP) is 25.9. The maximum absolute atomic E-state index is 6.79. The molecule has 16 aromatic rings. The first-order valence-corrected chi connectivity index (χ1v) is 38.7. The summed E-state index contributed by atoms with van der Waals surface area (Å²) in [5.41, 5.74) is 6.50. The van der Waals surface area contributed by atoms with Gasteiger partial charge < -0.3 is 40.7 Å². The topological polar surface area (TPSA) is 146 Å². The molecular formula is C80H64N12P4. The lowest BCUT2D eigenvalue weighted by atomic mass is 10.1. The van der Waals surface area contributed by atoms with Crippen molar-refractivity contribution < 1.29 is 0 Å². The van der Waals surface area contributed by atoms with Crippen LogP contribution >= 0.6 is 30.0 Å². The van der Waals surface area contributed by atoms with Gasteiger partial charge in [0.25, 0.3) is 30.0 Å². The van der Waals surface area contributed by atoms with E-state index >= 15 is 0 Å². The molecule has 0 atom stereocenters. The summed E-state index contributed by atoms with van der Waals surface area (Å²) in [5.74, 6) is 0. The molecule has 0 fully saturated rings. The highest BCUT2D eigenvalue weighted by Crippen LogP contribution is 2.78. The SMILES string of the molecule is c1ccc2c(NP3(Nc4cccc5ccccc45)=NP(Nc4cccc5ccccc45)(Nc4cccc5ccccc45)=NP(Nc4cccc5ccccc45)(Nc4cccc5ccccc45)=NP(Nc4cccc5ccccc45)(Nc4cccc5ccccc45)=N3)cccc2c1. The highest BCUT2D eigenvalue weighted by molar-refractivity contribution is 7.90. The van der Waals surface area contributed by atoms with Gasteiger partial charge in [-0.2, -0.15) is 18.1 Å². The van der Waals surface area contributed by atoms with Gasteiger partial charge in [0, 0.05) is 88.6 Å². The molecule has 16 heteroatoms. The Morgan fingerprint density at radius 2 is 0.250 bits per heavy atom. The maximum Gasteiger partial charge on any atom is 0.268 e. The lowest BCUT2D eigenvalue weighted by Crippen LogP contribution is -2.16. The largest absolute Gasteiger partial charge is 0.318 e. The van der Waals surface area contributed by atoms with E-state index in [0.29, 0.717) is 0 Å². The van der Waals surface area contributed by atoms with Crippen molar-refractivity contribution in [2.45, 2.75) is 0 Å². The summed E-state index contributed by atoms with van der Waals surface area (Å²) in [5, 5.41) is 50.7. The zero-order chi connectivity index (χ0) is 63.9. The van der Waals surface area contributed by atoms with Crippen LogP contribution in [0.3, 0.4) is 0 Å². The van der Waals surface area contributed by atoms with Gasteiger partial charge in [-0.25, -0.2) is 0 Å². The highest BCUT2D eigenvalue weighted by Gasteiger charge is 2.42. The maximum atomic E-state index is 6.79. The molecule has 1 aliphatic heterocycles. The van der Waals surface area contributed by atoms with Crippen LogP contribution in [0.15, 0.2) is 358 Å². The third-order valence-electron chi connectivity index (χ3n) is 17.6. The molecule has 0 radical (unpaired) electrons. The number of fused-ring (bicyclic) bond motifs is 8. The number of anilines is 8. The van der Waals surface area contributed by atoms with Crippen molar-refractivity contribution in [1.29, 1.82) is 0 Å². The zero-order valence-corrected chi connectivity index (χ0v) is 55.5. The molecule has 96 heavy (non-hydrogen) atoms. The summed E-state index contributed by atoms with van der Waals surface area (Å²) >= 11 is 0. The normalized spacial score (nSPS) is 14.5. The van der Waals surface area contributed by atoms with E-state index in [-0.39, 0.29) is 0 Å². The standard InChI is InChI=1S/C80H64N12P4/c1-9-41-65-57(25-1)33-17-49-73(65)81-93(82-74-50-18-34-58-26-2-10-42-66(58)74)89-94(83-75-51-19-35-59-27-3-11-43-67(59)75,84-76-52-20-36-60-28-4-12-44-68(60)76)91-96(87-79-55-23-39-63-31-7-15-47-71(63)79,88-80-56-24-40-64-32-8-16-48-72(64)80)92-95(90-93,85-77-53-21-37-61-29-5-13-45-69(61)77)86-78-54-22-38-62-30-6-14-46-70(62)78/h1-56,81-88H. The fourth-order valence-corrected chi connectivity index (χ4v) is 28.4. The molecule has 0 spiro atoms. The fourth-order valence-electron chi connectivity index (χ4n) is 13.2. The second-order valence-electron chi connectivity index (χ2n) is 23.9. The molecule has 1 aliphatic rings. The van der Waals surface area contributed by atoms with E-state index in [1.807, 2.05) is 0 Å². The predicted molar refractivity (Wildman–Crippen MR) is 418 cm³/mol. The summed E-state index contributed by atoms with van der Waals surface area (Å²) in [6.07, 6.45) is 0. The first-order valence-electron chi connectivity index (χ1n) is 32.0. The second kappa shape index (κ2) is 24.7. The van der Waals surface area contributed by atoms with Crippen LogP contribution in [0.2, 0.25) is 0 Å². The Morgan fingerprint density at radius 3 is 0.385 bits per heavy atom. The molecule has 0 saturated carbocycles. The van der Waals surface area contributed by atoms with Crippen molar-refractivity contribution in [3.8, 4) is 0 Å². The average molecular weight is 1320 g/mol. The summed E-state index contributed by atoms with van der Waals surface area (Å²) in [7, 11) is -16.3. The highest BCUT2D eigenvalue weighted by atomic mass is 31.3. The Hall–Kier alpha value is -11.1. The number of hydrogen-bond donors (Lipinski definition) is 8. The van der Waals surface area contributed by atoms with E-state index in [4.69, 9.17) is 18.1 Å². The van der Waals surface area contributed by atoms with Gasteiger partial charge in [0.2, 0.25) is 0 Å². The lowest BCUT2D eigenvalue weighted by Gasteiger charge is -2.39. The third-order valence-corrected chi connectivity index (χ3v) is 30.3. The quantitative estimate of drug-likeness (QED) is 0.0447. The van der Waals surface area contributed by atoms with Crippen molar-refractivity contribution in [3.05, 3.63) is 340 Å². The smallest absolute Gasteiger partial charge is 0.268 e. The van der Waals surface area contributed by atoms with Crippen molar-refractivity contribution in [1.82, 2.24) is 0 Å². The average Bonchev–Trinajstić information content (AvgIpc) is 0.724. The van der Waals surface area contributed by atoms with Gasteiger partial charge in [-0.1, -0.05) is 291 Å². The molecule has 8 N–H and O–H groups in total. The molecule has 464 valence electrons. The molecule has 12 nitrogen and oxygen atoms in total. The Balaban J connectivity index is 1.12. The molecular weight excluding hydrogens is 1250 g/mol. The Labute approximate surface area is 556 Å². The molecule has 1 heterocycles. The zero-order valence-electron chi connectivity index (χ0n) is 51.9. The van der Waals surface area contributed by atoms with Crippen molar-refractivity contribution >= 4 is 162 Å². The first kappa shape index (κ1) is 58.7. The van der Waals surface area contributed by atoms with Crippen LogP contribution in [0.5, 0.6) is 0 Å². The molecule has 17 rings (SSSR count). The van der Waals surface area contributed by atoms with Crippen LogP contribution in [0.4, 0.5) is 45.5 Å². The molecule has 0 aromatic heterocycles. The van der Waals surface area contributed by atoms with Gasteiger partial charge in [0.05, 0.1) is 0 Å². The third kappa shape index (κ3) is 11.4. The molecule has 16 aromatic carbocycles. The van der Waals surface area contributed by atoms with Crippen LogP contribution in [0, 0.1) is 0 Å². The van der Waals surface area contributed by atoms with E-state index in [1.54, 1.807) is 0 Å². The first-order chi connectivity index (χ1) is 47.3. The molecule has 0 unspecified atom stereocenters. The minimum Gasteiger partial charge on any atom is -0.318 e. The Kier molecular flexibility index (Phi) is 15.1. The van der Waals surface area contributed by atoms with Crippen LogP contribution in [-0.2, 0) is 0 Å². The Bertz CT molecular complexity index is 4860. The summed E-state index contributed by atoms with van der Waals surface area (Å²) in [6.45, 7) is 0. The van der Waals surface area contributed by atoms with E-state index in [2.05, 4.69) is 380 Å². The van der Waals surface area contributed by atoms with Crippen LogP contribution in [0.25, 0.3) is 86.2 Å². The number of nitrogens with one attached hydrogen (secondary N) is 8. The number of nitrogens with zero attached hydrogens (tertiary/aromatic N) is 4. The lowest BCUT2D eigenvalue weighted by molar-refractivity contribution is 1.51. The van der Waals surface area contributed by atoms with E-state index in [0.717, 1.165) is 132 Å². The minimum atomic E-state index is -4.07. The van der Waals surface area contributed by atoms with Gasteiger partial charge in [-0.05, 0) is 91.6 Å². The number of rotatable bonds is 16. The van der Waals surface area contributed by atoms with E-state index < -0.39 is 30.0 Å². The van der Waals surface area contributed by atoms with Crippen molar-refractivity contribution in [2.24, 2.45) is 18.1 Å². The Morgan fingerprint density at radius 1 is 0.135 bits per heavy atom. The molecule has 0 amide bonds. The molecule has 0 aliphatic carbocycles. The summed E-state index contributed by atoms with van der Waals surface area (Å²) in [6, 6.07) is 119. The van der Waals surface area contributed by atoms with Crippen molar-refractivity contribution in [2.75, 3.05) is 40.7 Å². The van der Waals surface area contributed by atoms with Crippen LogP contribution in [0.1, 0.15) is 0 Å². The summed E-state index contributed by atoms with van der Waals surface area (Å²) < 4.78 is 27.2. The molecule has 0 bridgehead atoms. The van der Waals surface area contributed by atoms with E-state index in [1.165, 1.54) is 0 Å². The van der Waals surface area contributed by atoms with Gasteiger partial charge in [0.1, 0.15) is 0 Å².